The molecule has 0 bridgehead atoms. The molecule has 0 unspecified atom stereocenters. The summed E-state index contributed by atoms with van der Waals surface area (Å²) in [6, 6.07) is 3.12. The zero-order valence-corrected chi connectivity index (χ0v) is 9.10. The number of benzene rings is 1. The van der Waals surface area contributed by atoms with Gasteiger partial charge in [-0.05, 0) is 6.07 Å². The van der Waals surface area contributed by atoms with E-state index >= 15 is 0 Å². The first kappa shape index (κ1) is 14.5. The summed E-state index contributed by atoms with van der Waals surface area (Å²) in [4.78, 5) is 20.7. The van der Waals surface area contributed by atoms with Gasteiger partial charge in [0.2, 0.25) is 0 Å². The van der Waals surface area contributed by atoms with Crippen LogP contribution in [-0.4, -0.2) is 28.9 Å². The minimum Gasteiger partial charge on any atom is -0.505 e. The monoisotopic (exact) mass is 280 g/mol. The average molecular weight is 280 g/mol. The average Bonchev–Trinajstić information content (AvgIpc) is 2.28. The first-order chi connectivity index (χ1) is 8.70. The molecule has 0 saturated carbocycles. The van der Waals surface area contributed by atoms with Gasteiger partial charge in [-0.1, -0.05) is 6.07 Å². The van der Waals surface area contributed by atoms with Crippen LogP contribution in [0.4, 0.5) is 29.3 Å². The number of nitrogens with zero attached hydrogens (tertiary/aromatic N) is 1. The van der Waals surface area contributed by atoms with E-state index in [0.29, 0.717) is 0 Å². The molecule has 104 valence electrons. The molecular weight excluding hydrogens is 273 g/mol. The summed E-state index contributed by atoms with van der Waals surface area (Å²) in [5.41, 5.74) is -1.32. The normalized spacial score (nSPS) is 10.9. The molecule has 0 saturated heterocycles. The topological polar surface area (TPSA) is 102 Å². The van der Waals surface area contributed by atoms with E-state index in [1.165, 1.54) is 0 Å². The Bertz CT molecular complexity index is 503. The maximum Gasteiger partial charge on any atom is 0.422 e. The Labute approximate surface area is 103 Å². The molecule has 1 aromatic rings. The van der Waals surface area contributed by atoms with E-state index in [2.05, 4.69) is 4.74 Å². The minimum atomic E-state index is -4.72. The number of hydrogen-bond acceptors (Lipinski definition) is 5. The van der Waals surface area contributed by atoms with Gasteiger partial charge in [0.05, 0.1) is 4.92 Å². The predicted octanol–water partition coefficient (Wildman–Crippen LogP) is 2.41. The molecule has 1 rings (SSSR count). The molecule has 19 heavy (non-hydrogen) atoms. The third-order valence-corrected chi connectivity index (χ3v) is 1.81. The zero-order valence-electron chi connectivity index (χ0n) is 9.10. The van der Waals surface area contributed by atoms with Crippen molar-refractivity contribution in [2.75, 3.05) is 11.9 Å². The number of ether oxygens (including phenoxy) is 1. The SMILES string of the molecule is O=C(Nc1c(O)cccc1[N+](=O)[O-])OCC(F)(F)F. The summed E-state index contributed by atoms with van der Waals surface area (Å²) < 4.78 is 39.1. The highest BCUT2D eigenvalue weighted by Gasteiger charge is 2.30. The number of amides is 1. The third-order valence-electron chi connectivity index (χ3n) is 1.81. The minimum absolute atomic E-state index is 0.639. The highest BCUT2D eigenvalue weighted by Crippen LogP contribution is 2.33. The molecule has 0 aromatic heterocycles. The number of halogens is 3. The van der Waals surface area contributed by atoms with Gasteiger partial charge in [-0.3, -0.25) is 15.4 Å². The maximum atomic E-state index is 11.8. The van der Waals surface area contributed by atoms with E-state index in [1.54, 1.807) is 5.32 Å². The molecule has 0 heterocycles. The molecule has 10 heteroatoms. The number of nitrogens with one attached hydrogen (secondary N) is 1. The van der Waals surface area contributed by atoms with Crippen LogP contribution in [0.1, 0.15) is 0 Å². The van der Waals surface area contributed by atoms with Gasteiger partial charge in [0.1, 0.15) is 5.75 Å². The fourth-order valence-electron chi connectivity index (χ4n) is 1.09. The van der Waals surface area contributed by atoms with Crippen LogP contribution in [-0.2, 0) is 4.74 Å². The lowest BCUT2D eigenvalue weighted by atomic mass is 10.2. The molecule has 7 nitrogen and oxygen atoms in total. The molecule has 0 atom stereocenters. The molecule has 0 radical (unpaired) electrons. The van der Waals surface area contributed by atoms with Gasteiger partial charge in [0.25, 0.3) is 5.69 Å². The summed E-state index contributed by atoms with van der Waals surface area (Å²) in [5.74, 6) is -0.668. The van der Waals surface area contributed by atoms with Gasteiger partial charge >= 0.3 is 12.3 Å². The summed E-state index contributed by atoms with van der Waals surface area (Å²) >= 11 is 0. The molecule has 0 aliphatic carbocycles. The predicted molar refractivity (Wildman–Crippen MR) is 55.8 cm³/mol. The van der Waals surface area contributed by atoms with E-state index < -0.39 is 40.9 Å². The van der Waals surface area contributed by atoms with Gasteiger partial charge in [-0.2, -0.15) is 13.2 Å². The van der Waals surface area contributed by atoms with E-state index in [1.807, 2.05) is 0 Å². The van der Waals surface area contributed by atoms with Crippen LogP contribution in [0.15, 0.2) is 18.2 Å². The summed E-state index contributed by atoms with van der Waals surface area (Å²) in [7, 11) is 0. The van der Waals surface area contributed by atoms with Crippen molar-refractivity contribution < 1.29 is 32.7 Å². The van der Waals surface area contributed by atoms with E-state index in [0.717, 1.165) is 18.2 Å². The number of aromatic hydroxyl groups is 1. The number of hydrogen-bond donors (Lipinski definition) is 2. The van der Waals surface area contributed by atoms with Gasteiger partial charge < -0.3 is 9.84 Å². The number of para-hydroxylation sites is 1. The van der Waals surface area contributed by atoms with Crippen molar-refractivity contribution in [3.05, 3.63) is 28.3 Å². The Hall–Kier alpha value is -2.52. The lowest BCUT2D eigenvalue weighted by Crippen LogP contribution is -2.23. The van der Waals surface area contributed by atoms with E-state index in [-0.39, 0.29) is 0 Å². The van der Waals surface area contributed by atoms with Crippen molar-refractivity contribution in [3.8, 4) is 5.75 Å². The second kappa shape index (κ2) is 5.42. The number of nitro groups is 1. The smallest absolute Gasteiger partial charge is 0.422 e. The van der Waals surface area contributed by atoms with Crippen LogP contribution in [0.2, 0.25) is 0 Å². The molecule has 1 aromatic carbocycles. The van der Waals surface area contributed by atoms with Crippen LogP contribution < -0.4 is 5.32 Å². The number of nitro benzene ring substituents is 1. The highest BCUT2D eigenvalue weighted by molar-refractivity contribution is 5.90. The lowest BCUT2D eigenvalue weighted by Gasteiger charge is -2.10. The highest BCUT2D eigenvalue weighted by atomic mass is 19.4. The van der Waals surface area contributed by atoms with Crippen LogP contribution in [0.25, 0.3) is 0 Å². The molecule has 0 fully saturated rings. The Morgan fingerprint density at radius 2 is 2.11 bits per heavy atom. The van der Waals surface area contributed by atoms with Gasteiger partial charge in [-0.25, -0.2) is 4.79 Å². The molecule has 1 amide bonds. The first-order valence-corrected chi connectivity index (χ1v) is 4.67. The number of alkyl halides is 3. The first-order valence-electron chi connectivity index (χ1n) is 4.67. The number of anilines is 1. The second-order valence-corrected chi connectivity index (χ2v) is 3.24. The standard InChI is InChI=1S/C9H7F3N2O5/c10-9(11,12)4-19-8(16)13-7-5(14(17)18)2-1-3-6(7)15/h1-3,15H,4H2,(H,13,16). The van der Waals surface area contributed by atoms with E-state index in [4.69, 9.17) is 0 Å². The second-order valence-electron chi connectivity index (χ2n) is 3.24. The number of rotatable bonds is 3. The Morgan fingerprint density at radius 3 is 2.63 bits per heavy atom. The third kappa shape index (κ3) is 4.33. The summed E-state index contributed by atoms with van der Waals surface area (Å²) in [6.07, 6.45) is -6.29. The number of carbonyl (C=O) groups is 1. The van der Waals surface area contributed by atoms with Crippen LogP contribution in [0.3, 0.4) is 0 Å². The lowest BCUT2D eigenvalue weighted by molar-refractivity contribution is -0.384. The van der Waals surface area contributed by atoms with Crippen molar-refractivity contribution in [3.63, 3.8) is 0 Å². The van der Waals surface area contributed by atoms with Crippen molar-refractivity contribution in [1.29, 1.82) is 0 Å². The Balaban J connectivity index is 2.82. The number of carbonyl (C=O) groups excluding carboxylic acids is 1. The molecular formula is C9H7F3N2O5. The van der Waals surface area contributed by atoms with E-state index in [9.17, 15) is 33.2 Å². The van der Waals surface area contributed by atoms with Gasteiger partial charge in [0, 0.05) is 6.07 Å². The Morgan fingerprint density at radius 1 is 1.47 bits per heavy atom. The zero-order chi connectivity index (χ0) is 14.6. The van der Waals surface area contributed by atoms with Gasteiger partial charge in [0.15, 0.2) is 12.3 Å². The van der Waals surface area contributed by atoms with Gasteiger partial charge in [-0.15, -0.1) is 0 Å². The molecule has 0 spiro atoms. The van der Waals surface area contributed by atoms with Crippen molar-refractivity contribution >= 4 is 17.5 Å². The fourth-order valence-corrected chi connectivity index (χ4v) is 1.09. The number of phenols is 1. The van der Waals surface area contributed by atoms with Crippen LogP contribution >= 0.6 is 0 Å². The maximum absolute atomic E-state index is 11.8. The quantitative estimate of drug-likeness (QED) is 0.503. The Kier molecular flexibility index (Phi) is 4.14. The van der Waals surface area contributed by atoms with Crippen molar-refractivity contribution in [2.24, 2.45) is 0 Å². The molecule has 0 aliphatic heterocycles. The number of phenolic OH excluding ortho intramolecular Hbond substituents is 1. The molecule has 0 aliphatic rings. The van der Waals surface area contributed by atoms with Crippen molar-refractivity contribution in [2.45, 2.75) is 6.18 Å². The largest absolute Gasteiger partial charge is 0.505 e. The van der Waals surface area contributed by atoms with Crippen LogP contribution in [0.5, 0.6) is 5.75 Å². The summed E-state index contributed by atoms with van der Waals surface area (Å²) in [6.45, 7) is -1.85. The fraction of sp³-hybridized carbons (Fsp3) is 0.222. The van der Waals surface area contributed by atoms with Crippen LogP contribution in [0, 0.1) is 10.1 Å². The van der Waals surface area contributed by atoms with Crippen molar-refractivity contribution in [1.82, 2.24) is 0 Å². The summed E-state index contributed by atoms with van der Waals surface area (Å²) in [5, 5.41) is 21.6. The molecule has 2 N–H and O–H groups in total.